The van der Waals surface area contributed by atoms with Gasteiger partial charge in [0.25, 0.3) is 0 Å². The van der Waals surface area contributed by atoms with Crippen molar-refractivity contribution in [2.75, 3.05) is 0 Å². The molecular weight excluding hydrogens is 715 g/mol. The monoisotopic (exact) mass is 808 g/mol. The van der Waals surface area contributed by atoms with Gasteiger partial charge in [-0.25, -0.2) is 0 Å². The molecule has 8 nitrogen and oxygen atoms in total. The maximum absolute atomic E-state index is 13.6. The van der Waals surface area contributed by atoms with Crippen molar-refractivity contribution in [3.63, 3.8) is 0 Å². The summed E-state index contributed by atoms with van der Waals surface area (Å²) in [5.41, 5.74) is 0. The summed E-state index contributed by atoms with van der Waals surface area (Å²) in [4.78, 5) is 39.6. The Hall–Kier alpha value is -1.67. The molecule has 1 fully saturated rings. The Morgan fingerprint density at radius 3 is 1.33 bits per heavy atom. The van der Waals surface area contributed by atoms with E-state index < -0.39 is 24.5 Å². The molecular formula is C49H93NO7. The Balaban J connectivity index is 2.62. The molecule has 57 heavy (non-hydrogen) atoms. The number of hydrogen-bond acceptors (Lipinski definition) is 7. The van der Waals surface area contributed by atoms with Crippen molar-refractivity contribution in [1.82, 2.24) is 5.32 Å². The molecule has 1 unspecified atom stereocenters. The minimum atomic E-state index is -1.31. The molecule has 6 atom stereocenters. The smallest absolute Gasteiger partial charge is 0.306 e. The molecule has 0 aromatic carbocycles. The number of ether oxygens (including phenoxy) is 3. The third-order valence-electron chi connectivity index (χ3n) is 12.2. The second-order valence-electron chi connectivity index (χ2n) is 17.6. The predicted molar refractivity (Wildman–Crippen MR) is 236 cm³/mol. The summed E-state index contributed by atoms with van der Waals surface area (Å²) in [6, 6.07) is -0.898. The van der Waals surface area contributed by atoms with Gasteiger partial charge in [-0.1, -0.05) is 207 Å². The van der Waals surface area contributed by atoms with Gasteiger partial charge in [0, 0.05) is 18.8 Å². The van der Waals surface area contributed by atoms with Crippen LogP contribution in [0.3, 0.4) is 0 Å². The first-order valence-electron chi connectivity index (χ1n) is 24.7. The molecule has 1 aliphatic rings. The van der Waals surface area contributed by atoms with E-state index in [0.717, 1.165) is 57.8 Å². The number of esters is 2. The molecule has 0 aliphatic carbocycles. The van der Waals surface area contributed by atoms with E-state index in [-0.39, 0.29) is 36.3 Å². The summed E-state index contributed by atoms with van der Waals surface area (Å²) < 4.78 is 17.7. The van der Waals surface area contributed by atoms with Gasteiger partial charge in [0.2, 0.25) is 5.91 Å². The van der Waals surface area contributed by atoms with Crippen molar-refractivity contribution in [3.05, 3.63) is 0 Å². The predicted octanol–water partition coefficient (Wildman–Crippen LogP) is 13.4. The lowest BCUT2D eigenvalue weighted by atomic mass is 9.89. The molecule has 0 radical (unpaired) electrons. The number of carbonyl (C=O) groups excluding carboxylic acids is 3. The van der Waals surface area contributed by atoms with Crippen LogP contribution in [0.4, 0.5) is 0 Å². The number of unbranched alkanes of at least 4 members (excludes halogenated alkanes) is 28. The summed E-state index contributed by atoms with van der Waals surface area (Å²) in [5.74, 6) is -1.10. The Kier molecular flexibility index (Phi) is 34.9. The third-order valence-corrected chi connectivity index (χ3v) is 12.2. The number of rotatable bonds is 39. The summed E-state index contributed by atoms with van der Waals surface area (Å²) in [7, 11) is 0. The van der Waals surface area contributed by atoms with Gasteiger partial charge in [0.05, 0.1) is 12.5 Å². The van der Waals surface area contributed by atoms with Crippen LogP contribution in [0.1, 0.15) is 259 Å². The first-order chi connectivity index (χ1) is 27.7. The lowest BCUT2D eigenvalue weighted by molar-refractivity contribution is -0.231. The highest BCUT2D eigenvalue weighted by Gasteiger charge is 2.44. The average molecular weight is 808 g/mol. The van der Waals surface area contributed by atoms with E-state index in [1.54, 1.807) is 0 Å². The summed E-state index contributed by atoms with van der Waals surface area (Å²) >= 11 is 0. The summed E-state index contributed by atoms with van der Waals surface area (Å²) in [6.07, 6.45) is 35.8. The maximum Gasteiger partial charge on any atom is 0.306 e. The molecule has 336 valence electrons. The van der Waals surface area contributed by atoms with Crippen molar-refractivity contribution >= 4 is 17.8 Å². The van der Waals surface area contributed by atoms with E-state index in [9.17, 15) is 19.5 Å². The van der Waals surface area contributed by atoms with Crippen molar-refractivity contribution in [2.45, 2.75) is 290 Å². The van der Waals surface area contributed by atoms with Crippen LogP contribution in [0.2, 0.25) is 0 Å². The molecule has 0 spiro atoms. The van der Waals surface area contributed by atoms with Gasteiger partial charge in [0.1, 0.15) is 18.2 Å². The molecule has 2 N–H and O–H groups in total. The van der Waals surface area contributed by atoms with Crippen molar-refractivity contribution in [2.24, 2.45) is 5.92 Å². The molecule has 1 amide bonds. The molecule has 0 aromatic rings. The van der Waals surface area contributed by atoms with Crippen LogP contribution in [-0.2, 0) is 28.6 Å². The van der Waals surface area contributed by atoms with Crippen LogP contribution in [0.5, 0.6) is 0 Å². The van der Waals surface area contributed by atoms with Gasteiger partial charge in [-0.15, -0.1) is 0 Å². The topological polar surface area (TPSA) is 111 Å². The Morgan fingerprint density at radius 1 is 0.544 bits per heavy atom. The number of hydrogen-bond donors (Lipinski definition) is 2. The number of aliphatic hydroxyl groups excluding tert-OH is 1. The lowest BCUT2D eigenvalue weighted by Crippen LogP contribution is -2.61. The zero-order chi connectivity index (χ0) is 41.8. The van der Waals surface area contributed by atoms with Crippen molar-refractivity contribution in [3.8, 4) is 0 Å². The molecule has 1 rings (SSSR count). The SMILES string of the molecule is CCCCCCCCCCCCCC(=O)O[C@@H](CCCCCCCCCCC)CC(=O)N[C@H]1C(O)O[C@H](C)[C@@H](C)[C@@H]1OC(=O)CCCCCCCCCCCCC. The first kappa shape index (κ1) is 53.3. The van der Waals surface area contributed by atoms with Gasteiger partial charge >= 0.3 is 11.9 Å². The van der Waals surface area contributed by atoms with Crippen LogP contribution in [0.25, 0.3) is 0 Å². The highest BCUT2D eigenvalue weighted by atomic mass is 16.6. The highest BCUT2D eigenvalue weighted by molar-refractivity contribution is 5.78. The number of aliphatic hydroxyl groups is 1. The van der Waals surface area contributed by atoms with Gasteiger partial charge in [-0.2, -0.15) is 0 Å². The van der Waals surface area contributed by atoms with Crippen molar-refractivity contribution < 1.29 is 33.7 Å². The molecule has 0 aromatic heterocycles. The van der Waals surface area contributed by atoms with E-state index in [4.69, 9.17) is 14.2 Å². The molecule has 0 bridgehead atoms. The Labute approximate surface area is 351 Å². The molecule has 1 heterocycles. The van der Waals surface area contributed by atoms with Crippen LogP contribution in [0, 0.1) is 5.92 Å². The Bertz CT molecular complexity index is 960. The standard InChI is InChI=1S/C49H93NO7/c1-6-9-12-15-18-21-23-26-29-32-35-38-45(52)56-43(37-34-31-28-25-20-17-14-11-8-3)40-44(51)50-47-48(41(4)42(5)55-49(47)54)57-46(53)39-36-33-30-27-24-22-19-16-13-10-7-2/h41-43,47-49,54H,6-40H2,1-5H3,(H,50,51)/t41-,42-,43+,47-,48+,49?/m1/s1. The third kappa shape index (κ3) is 29.2. The fourth-order valence-electron chi connectivity index (χ4n) is 8.18. The molecule has 1 saturated heterocycles. The largest absolute Gasteiger partial charge is 0.462 e. The van der Waals surface area contributed by atoms with Crippen LogP contribution >= 0.6 is 0 Å². The average Bonchev–Trinajstić information content (AvgIpc) is 3.18. The van der Waals surface area contributed by atoms with Crippen LogP contribution < -0.4 is 5.32 Å². The lowest BCUT2D eigenvalue weighted by Gasteiger charge is -2.42. The summed E-state index contributed by atoms with van der Waals surface area (Å²) in [6.45, 7) is 10.5. The van der Waals surface area contributed by atoms with E-state index in [1.165, 1.54) is 141 Å². The highest BCUT2D eigenvalue weighted by Crippen LogP contribution is 2.28. The van der Waals surface area contributed by atoms with E-state index >= 15 is 0 Å². The second kappa shape index (κ2) is 37.3. The van der Waals surface area contributed by atoms with Crippen molar-refractivity contribution in [1.29, 1.82) is 0 Å². The zero-order valence-electron chi connectivity index (χ0n) is 38.1. The normalized spacial score (nSPS) is 20.0. The second-order valence-corrected chi connectivity index (χ2v) is 17.6. The fraction of sp³-hybridized carbons (Fsp3) is 0.939. The van der Waals surface area contributed by atoms with Crippen LogP contribution in [0.15, 0.2) is 0 Å². The minimum Gasteiger partial charge on any atom is -0.462 e. The zero-order valence-corrected chi connectivity index (χ0v) is 38.1. The summed E-state index contributed by atoms with van der Waals surface area (Å²) in [5, 5.41) is 13.9. The van der Waals surface area contributed by atoms with E-state index in [1.807, 2.05) is 13.8 Å². The maximum atomic E-state index is 13.6. The molecule has 1 aliphatic heterocycles. The van der Waals surface area contributed by atoms with Crippen LogP contribution in [-0.4, -0.2) is 53.6 Å². The number of nitrogens with one attached hydrogen (secondary N) is 1. The van der Waals surface area contributed by atoms with E-state index in [0.29, 0.717) is 19.3 Å². The van der Waals surface area contributed by atoms with Gasteiger partial charge in [-0.3, -0.25) is 14.4 Å². The van der Waals surface area contributed by atoms with Gasteiger partial charge < -0.3 is 24.6 Å². The van der Waals surface area contributed by atoms with Gasteiger partial charge in [0.15, 0.2) is 6.29 Å². The minimum absolute atomic E-state index is 0.00751. The fourth-order valence-corrected chi connectivity index (χ4v) is 8.18. The number of amides is 1. The number of carbonyl (C=O) groups is 3. The first-order valence-corrected chi connectivity index (χ1v) is 24.7. The molecule has 0 saturated carbocycles. The van der Waals surface area contributed by atoms with Gasteiger partial charge in [-0.05, 0) is 32.6 Å². The molecule has 8 heteroatoms. The Morgan fingerprint density at radius 2 is 0.912 bits per heavy atom. The van der Waals surface area contributed by atoms with E-state index in [2.05, 4.69) is 26.1 Å². The quantitative estimate of drug-likeness (QED) is 0.0470.